The standard InChI is InChI=1S/C13H18BrN3O/c1-9-8-16-12-7-10(6-11(14)13(12)18-9)17-4-2-15-3-5-17/h6-7,9,15-16H,2-5,8H2,1H3. The summed E-state index contributed by atoms with van der Waals surface area (Å²) in [7, 11) is 0. The number of nitrogens with zero attached hydrogens (tertiary/aromatic N) is 1. The third-order valence-corrected chi connectivity index (χ3v) is 4.00. The maximum absolute atomic E-state index is 5.86. The number of hydrogen-bond acceptors (Lipinski definition) is 4. The van der Waals surface area contributed by atoms with Crippen LogP contribution in [0.4, 0.5) is 11.4 Å². The van der Waals surface area contributed by atoms with Crippen LogP contribution >= 0.6 is 15.9 Å². The fourth-order valence-corrected chi connectivity index (χ4v) is 2.97. The van der Waals surface area contributed by atoms with Gasteiger partial charge in [-0.1, -0.05) is 0 Å². The number of anilines is 2. The molecule has 0 spiro atoms. The van der Waals surface area contributed by atoms with E-state index in [0.29, 0.717) is 0 Å². The van der Waals surface area contributed by atoms with Crippen LogP contribution < -0.4 is 20.3 Å². The molecule has 1 unspecified atom stereocenters. The molecule has 18 heavy (non-hydrogen) atoms. The van der Waals surface area contributed by atoms with E-state index in [1.165, 1.54) is 5.69 Å². The fourth-order valence-electron chi connectivity index (χ4n) is 2.43. The molecule has 1 aromatic rings. The van der Waals surface area contributed by atoms with E-state index in [2.05, 4.69) is 50.5 Å². The van der Waals surface area contributed by atoms with Crippen LogP contribution in [0.1, 0.15) is 6.92 Å². The Labute approximate surface area is 116 Å². The van der Waals surface area contributed by atoms with Gasteiger partial charge in [-0.05, 0) is 35.0 Å². The number of fused-ring (bicyclic) bond motifs is 1. The summed E-state index contributed by atoms with van der Waals surface area (Å²) in [5.41, 5.74) is 2.35. The van der Waals surface area contributed by atoms with Crippen molar-refractivity contribution in [3.05, 3.63) is 16.6 Å². The van der Waals surface area contributed by atoms with E-state index in [0.717, 1.165) is 48.6 Å². The molecule has 2 aliphatic heterocycles. The molecule has 1 atom stereocenters. The minimum absolute atomic E-state index is 0.221. The Kier molecular flexibility index (Phi) is 3.35. The van der Waals surface area contributed by atoms with Gasteiger partial charge < -0.3 is 20.3 Å². The summed E-state index contributed by atoms with van der Waals surface area (Å²) in [6.45, 7) is 7.16. The second-order valence-corrected chi connectivity index (χ2v) is 5.71. The van der Waals surface area contributed by atoms with E-state index < -0.39 is 0 Å². The van der Waals surface area contributed by atoms with Gasteiger partial charge in [0.1, 0.15) is 6.10 Å². The number of benzene rings is 1. The first-order valence-electron chi connectivity index (χ1n) is 6.44. The molecule has 1 saturated heterocycles. The molecule has 5 heteroatoms. The molecule has 1 fully saturated rings. The molecule has 2 heterocycles. The summed E-state index contributed by atoms with van der Waals surface area (Å²) in [4.78, 5) is 2.40. The largest absolute Gasteiger partial charge is 0.486 e. The van der Waals surface area contributed by atoms with E-state index in [1.807, 2.05) is 0 Å². The molecule has 0 aliphatic carbocycles. The van der Waals surface area contributed by atoms with E-state index in [1.54, 1.807) is 0 Å². The summed E-state index contributed by atoms with van der Waals surface area (Å²) >= 11 is 3.62. The Morgan fingerprint density at radius 1 is 1.33 bits per heavy atom. The smallest absolute Gasteiger partial charge is 0.157 e. The number of nitrogens with one attached hydrogen (secondary N) is 2. The Bertz CT molecular complexity index is 446. The van der Waals surface area contributed by atoms with Crippen LogP contribution in [0, 0.1) is 0 Å². The molecule has 0 aromatic heterocycles. The summed E-state index contributed by atoms with van der Waals surface area (Å²) < 4.78 is 6.90. The number of piperazine rings is 1. The van der Waals surface area contributed by atoms with Crippen molar-refractivity contribution in [1.29, 1.82) is 0 Å². The normalized spacial score (nSPS) is 23.0. The lowest BCUT2D eigenvalue weighted by Crippen LogP contribution is -2.43. The molecule has 1 aromatic carbocycles. The molecule has 0 saturated carbocycles. The molecule has 0 bridgehead atoms. The predicted molar refractivity (Wildman–Crippen MR) is 77.8 cm³/mol. The Morgan fingerprint density at radius 3 is 2.89 bits per heavy atom. The van der Waals surface area contributed by atoms with Gasteiger partial charge in [-0.25, -0.2) is 0 Å². The summed E-state index contributed by atoms with van der Waals surface area (Å²) in [6.07, 6.45) is 0.221. The van der Waals surface area contributed by atoms with Gasteiger partial charge in [0.25, 0.3) is 0 Å². The van der Waals surface area contributed by atoms with Gasteiger partial charge >= 0.3 is 0 Å². The maximum atomic E-state index is 5.86. The number of hydrogen-bond donors (Lipinski definition) is 2. The first-order chi connectivity index (χ1) is 8.74. The van der Waals surface area contributed by atoms with Crippen molar-refractivity contribution in [3.63, 3.8) is 0 Å². The molecular formula is C13H18BrN3O. The molecule has 2 aliphatic rings. The lowest BCUT2D eigenvalue weighted by molar-refractivity contribution is 0.224. The number of rotatable bonds is 1. The van der Waals surface area contributed by atoms with E-state index >= 15 is 0 Å². The quantitative estimate of drug-likeness (QED) is 0.832. The van der Waals surface area contributed by atoms with Crippen molar-refractivity contribution in [3.8, 4) is 5.75 Å². The van der Waals surface area contributed by atoms with Gasteiger partial charge in [-0.2, -0.15) is 0 Å². The lowest BCUT2D eigenvalue weighted by Gasteiger charge is -2.32. The zero-order valence-corrected chi connectivity index (χ0v) is 12.1. The molecule has 2 N–H and O–H groups in total. The van der Waals surface area contributed by atoms with Crippen molar-refractivity contribution in [2.75, 3.05) is 42.9 Å². The highest BCUT2D eigenvalue weighted by Crippen LogP contribution is 2.40. The highest BCUT2D eigenvalue weighted by molar-refractivity contribution is 9.10. The second-order valence-electron chi connectivity index (χ2n) is 4.85. The zero-order chi connectivity index (χ0) is 12.5. The zero-order valence-electron chi connectivity index (χ0n) is 10.5. The molecule has 3 rings (SSSR count). The highest BCUT2D eigenvalue weighted by Gasteiger charge is 2.21. The monoisotopic (exact) mass is 311 g/mol. The number of ether oxygens (including phenoxy) is 1. The number of halogens is 1. The molecule has 0 radical (unpaired) electrons. The Balaban J connectivity index is 1.91. The van der Waals surface area contributed by atoms with Crippen LogP contribution in [0.3, 0.4) is 0 Å². The average Bonchev–Trinajstić information content (AvgIpc) is 2.40. The van der Waals surface area contributed by atoms with Gasteiger partial charge in [0.2, 0.25) is 0 Å². The molecule has 0 amide bonds. The average molecular weight is 312 g/mol. The van der Waals surface area contributed by atoms with Gasteiger partial charge in [0.05, 0.1) is 16.7 Å². The van der Waals surface area contributed by atoms with Crippen molar-refractivity contribution in [1.82, 2.24) is 5.32 Å². The Morgan fingerprint density at radius 2 is 2.11 bits per heavy atom. The van der Waals surface area contributed by atoms with Crippen LogP contribution in [-0.2, 0) is 0 Å². The van der Waals surface area contributed by atoms with Crippen LogP contribution in [-0.4, -0.2) is 38.8 Å². The van der Waals surface area contributed by atoms with Crippen molar-refractivity contribution < 1.29 is 4.74 Å². The third-order valence-electron chi connectivity index (χ3n) is 3.41. The van der Waals surface area contributed by atoms with E-state index in [9.17, 15) is 0 Å². The summed E-state index contributed by atoms with van der Waals surface area (Å²) in [5, 5.41) is 6.81. The fraction of sp³-hybridized carbons (Fsp3) is 0.538. The van der Waals surface area contributed by atoms with Crippen molar-refractivity contribution >= 4 is 27.3 Å². The predicted octanol–water partition coefficient (Wildman–Crippen LogP) is 2.05. The van der Waals surface area contributed by atoms with Crippen LogP contribution in [0.15, 0.2) is 16.6 Å². The molecule has 4 nitrogen and oxygen atoms in total. The summed E-state index contributed by atoms with van der Waals surface area (Å²) in [6, 6.07) is 4.35. The second kappa shape index (κ2) is 4.97. The van der Waals surface area contributed by atoms with Crippen molar-refractivity contribution in [2.45, 2.75) is 13.0 Å². The van der Waals surface area contributed by atoms with Crippen LogP contribution in [0.2, 0.25) is 0 Å². The van der Waals surface area contributed by atoms with Gasteiger partial charge in [-0.3, -0.25) is 0 Å². The molecular weight excluding hydrogens is 294 g/mol. The van der Waals surface area contributed by atoms with Crippen LogP contribution in [0.25, 0.3) is 0 Å². The third kappa shape index (κ3) is 2.29. The Hall–Kier alpha value is -0.940. The van der Waals surface area contributed by atoms with Crippen LogP contribution in [0.5, 0.6) is 5.75 Å². The van der Waals surface area contributed by atoms with Gasteiger partial charge in [0.15, 0.2) is 5.75 Å². The van der Waals surface area contributed by atoms with Crippen molar-refractivity contribution in [2.24, 2.45) is 0 Å². The summed E-state index contributed by atoms with van der Waals surface area (Å²) in [5.74, 6) is 0.938. The first-order valence-corrected chi connectivity index (χ1v) is 7.23. The van der Waals surface area contributed by atoms with Gasteiger partial charge in [0, 0.05) is 31.9 Å². The van der Waals surface area contributed by atoms with E-state index in [4.69, 9.17) is 4.74 Å². The maximum Gasteiger partial charge on any atom is 0.157 e. The highest BCUT2D eigenvalue weighted by atomic mass is 79.9. The SMILES string of the molecule is CC1CNc2cc(N3CCNCC3)cc(Br)c2O1. The van der Waals surface area contributed by atoms with E-state index in [-0.39, 0.29) is 6.10 Å². The first kappa shape index (κ1) is 12.1. The minimum atomic E-state index is 0.221. The minimum Gasteiger partial charge on any atom is -0.486 e. The lowest BCUT2D eigenvalue weighted by atomic mass is 10.2. The topological polar surface area (TPSA) is 36.5 Å². The van der Waals surface area contributed by atoms with Gasteiger partial charge in [-0.15, -0.1) is 0 Å². The molecule has 98 valence electrons.